The quantitative estimate of drug-likeness (QED) is 0.853. The largest absolute Gasteiger partial charge is 0.435 e. The van der Waals surface area contributed by atoms with E-state index in [-0.39, 0.29) is 10.9 Å². The molecule has 0 spiro atoms. The van der Waals surface area contributed by atoms with Gasteiger partial charge in [-0.2, -0.15) is 17.5 Å². The van der Waals surface area contributed by atoms with Crippen molar-refractivity contribution in [2.45, 2.75) is 6.18 Å². The fourth-order valence-corrected chi connectivity index (χ4v) is 1.74. The highest BCUT2D eigenvalue weighted by Gasteiger charge is 2.30. The van der Waals surface area contributed by atoms with Gasteiger partial charge >= 0.3 is 6.18 Å². The van der Waals surface area contributed by atoms with E-state index in [2.05, 4.69) is 8.75 Å². The van der Waals surface area contributed by atoms with Crippen LogP contribution in [0.2, 0.25) is 5.15 Å². The molecule has 1 aromatic heterocycles. The number of halogens is 4. The number of nitrogens with zero attached hydrogens (tertiary/aromatic N) is 2. The van der Waals surface area contributed by atoms with Crippen LogP contribution < -0.4 is 10.2 Å². The summed E-state index contributed by atoms with van der Waals surface area (Å²) >= 11 is 6.09. The van der Waals surface area contributed by atoms with Crippen molar-refractivity contribution in [1.82, 2.24) is 8.75 Å². The van der Waals surface area contributed by atoms with E-state index in [0.717, 1.165) is 18.2 Å². The normalized spacial score (nSPS) is 11.4. The van der Waals surface area contributed by atoms with Crippen molar-refractivity contribution in [3.05, 3.63) is 45.2 Å². The Morgan fingerprint density at radius 3 is 2.68 bits per heavy atom. The smallest absolute Gasteiger partial charge is 0.416 e. The van der Waals surface area contributed by atoms with Crippen LogP contribution in [-0.2, 0) is 6.18 Å². The Balaban J connectivity index is 2.34. The molecule has 1 heterocycles. The monoisotopic (exact) mass is 308 g/mol. The number of benzene rings is 1. The maximum atomic E-state index is 12.5. The Hall–Kier alpha value is -1.67. The van der Waals surface area contributed by atoms with E-state index in [1.807, 2.05) is 0 Å². The third-order valence-corrected chi connectivity index (χ3v) is 2.87. The molecule has 0 bridgehead atoms. The van der Waals surface area contributed by atoms with Gasteiger partial charge in [-0.15, -0.1) is 4.37 Å². The molecule has 4 nitrogen and oxygen atoms in total. The van der Waals surface area contributed by atoms with Crippen LogP contribution in [0.25, 0.3) is 0 Å². The van der Waals surface area contributed by atoms with Crippen molar-refractivity contribution in [2.75, 3.05) is 0 Å². The molecule has 0 aliphatic rings. The SMILES string of the molecule is O=c1c(Cl)nsnc1Oc1cccc(C(F)(F)F)c1. The highest BCUT2D eigenvalue weighted by atomic mass is 35.5. The van der Waals surface area contributed by atoms with Gasteiger partial charge in [0.2, 0.25) is 0 Å². The van der Waals surface area contributed by atoms with Crippen molar-refractivity contribution in [3.63, 3.8) is 0 Å². The molecule has 0 aliphatic carbocycles. The lowest BCUT2D eigenvalue weighted by molar-refractivity contribution is -0.137. The van der Waals surface area contributed by atoms with Crippen LogP contribution in [0.4, 0.5) is 13.2 Å². The first-order valence-electron chi connectivity index (χ1n) is 4.75. The molecule has 0 saturated heterocycles. The third kappa shape index (κ3) is 3.21. The lowest BCUT2D eigenvalue weighted by atomic mass is 10.2. The third-order valence-electron chi connectivity index (χ3n) is 2.00. The van der Waals surface area contributed by atoms with Gasteiger partial charge in [0.25, 0.3) is 11.3 Å². The van der Waals surface area contributed by atoms with Gasteiger partial charge in [0, 0.05) is 0 Å². The topological polar surface area (TPSA) is 52.1 Å². The Kier molecular flexibility index (Phi) is 3.72. The van der Waals surface area contributed by atoms with Crippen LogP contribution in [0.3, 0.4) is 0 Å². The molecule has 9 heteroatoms. The standard InChI is InChI=1S/C10H4ClF3N2O2S/c11-8-7(17)9(16-19-15-8)18-6-3-1-2-5(4-6)10(12,13)14/h1-4H. The van der Waals surface area contributed by atoms with E-state index in [1.54, 1.807) is 0 Å². The molecule has 1 aromatic carbocycles. The van der Waals surface area contributed by atoms with Crippen molar-refractivity contribution in [1.29, 1.82) is 0 Å². The van der Waals surface area contributed by atoms with Gasteiger partial charge in [0.1, 0.15) is 5.75 Å². The minimum Gasteiger partial charge on any atom is -0.435 e. The number of hydrogen-bond acceptors (Lipinski definition) is 5. The first-order chi connectivity index (χ1) is 8.88. The second-order valence-electron chi connectivity index (χ2n) is 3.32. The van der Waals surface area contributed by atoms with Crippen molar-refractivity contribution < 1.29 is 17.9 Å². The van der Waals surface area contributed by atoms with Gasteiger partial charge in [0.05, 0.1) is 17.3 Å². The zero-order valence-corrected chi connectivity index (χ0v) is 10.5. The summed E-state index contributed by atoms with van der Waals surface area (Å²) in [6.07, 6.45) is -4.49. The second kappa shape index (κ2) is 5.14. The van der Waals surface area contributed by atoms with Gasteiger partial charge in [-0.25, -0.2) is 0 Å². The molecule has 0 amide bonds. The molecule has 0 atom stereocenters. The van der Waals surface area contributed by atoms with Crippen molar-refractivity contribution in [2.24, 2.45) is 0 Å². The van der Waals surface area contributed by atoms with Gasteiger partial charge in [-0.1, -0.05) is 17.7 Å². The number of rotatable bonds is 2. The maximum Gasteiger partial charge on any atom is 0.416 e. The first kappa shape index (κ1) is 13.8. The average molecular weight is 309 g/mol. The first-order valence-corrected chi connectivity index (χ1v) is 5.86. The van der Waals surface area contributed by atoms with E-state index in [0.29, 0.717) is 11.7 Å². The van der Waals surface area contributed by atoms with Crippen LogP contribution in [-0.4, -0.2) is 8.75 Å². The predicted octanol–water partition coefficient (Wildman–Crippen LogP) is 3.36. The van der Waals surface area contributed by atoms with E-state index in [1.165, 1.54) is 6.07 Å². The summed E-state index contributed by atoms with van der Waals surface area (Å²) in [5.74, 6) is -0.571. The van der Waals surface area contributed by atoms with Crippen LogP contribution in [0.5, 0.6) is 11.6 Å². The average Bonchev–Trinajstić information content (AvgIpc) is 2.34. The minimum absolute atomic E-state index is 0.158. The summed E-state index contributed by atoms with van der Waals surface area (Å²) < 4.78 is 49.5. The fourth-order valence-electron chi connectivity index (χ4n) is 1.18. The summed E-state index contributed by atoms with van der Waals surface area (Å²) in [5, 5.41) is -0.345. The van der Waals surface area contributed by atoms with Crippen LogP contribution in [0.1, 0.15) is 5.56 Å². The van der Waals surface area contributed by atoms with Crippen LogP contribution in [0, 0.1) is 0 Å². The summed E-state index contributed by atoms with van der Waals surface area (Å²) in [6.45, 7) is 0. The van der Waals surface area contributed by atoms with Crippen LogP contribution in [0.15, 0.2) is 29.1 Å². The van der Waals surface area contributed by atoms with Gasteiger partial charge in [-0.05, 0) is 18.2 Å². The number of aromatic nitrogens is 2. The Labute approximate surface area is 113 Å². The highest BCUT2D eigenvalue weighted by Crippen LogP contribution is 2.32. The predicted molar refractivity (Wildman–Crippen MR) is 62.7 cm³/mol. The van der Waals surface area contributed by atoms with E-state index in [4.69, 9.17) is 16.3 Å². The summed E-state index contributed by atoms with van der Waals surface area (Å²) in [4.78, 5) is 11.5. The van der Waals surface area contributed by atoms with E-state index in [9.17, 15) is 18.0 Å². The van der Waals surface area contributed by atoms with Gasteiger partial charge in [-0.3, -0.25) is 4.79 Å². The molecule has 0 saturated carbocycles. The fraction of sp³-hybridized carbons (Fsp3) is 0.100. The molecule has 0 fully saturated rings. The Bertz CT molecular complexity index is 660. The lowest BCUT2D eigenvalue weighted by Gasteiger charge is -2.08. The molecule has 2 aromatic rings. The zero-order chi connectivity index (χ0) is 14.0. The Morgan fingerprint density at radius 2 is 2.00 bits per heavy atom. The summed E-state index contributed by atoms with van der Waals surface area (Å²) in [6, 6.07) is 4.09. The molecule has 0 radical (unpaired) electrons. The summed E-state index contributed by atoms with van der Waals surface area (Å²) in [5.41, 5.74) is -1.67. The molecule has 0 unspecified atom stereocenters. The molecular weight excluding hydrogens is 305 g/mol. The zero-order valence-electron chi connectivity index (χ0n) is 8.94. The highest BCUT2D eigenvalue weighted by molar-refractivity contribution is 6.99. The lowest BCUT2D eigenvalue weighted by Crippen LogP contribution is -2.08. The number of alkyl halides is 3. The van der Waals surface area contributed by atoms with Crippen molar-refractivity contribution >= 4 is 23.3 Å². The summed E-state index contributed by atoms with van der Waals surface area (Å²) in [7, 11) is 0. The van der Waals surface area contributed by atoms with Gasteiger partial charge < -0.3 is 4.74 Å². The number of hydrogen-bond donors (Lipinski definition) is 0. The minimum atomic E-state index is -4.49. The Morgan fingerprint density at radius 1 is 1.26 bits per heavy atom. The van der Waals surface area contributed by atoms with E-state index < -0.39 is 23.0 Å². The molecule has 0 aliphatic heterocycles. The maximum absolute atomic E-state index is 12.5. The van der Waals surface area contributed by atoms with Crippen LogP contribution >= 0.6 is 23.3 Å². The van der Waals surface area contributed by atoms with Crippen molar-refractivity contribution in [3.8, 4) is 11.6 Å². The second-order valence-corrected chi connectivity index (χ2v) is 4.20. The molecule has 100 valence electrons. The molecule has 2 rings (SSSR count). The van der Waals surface area contributed by atoms with E-state index >= 15 is 0 Å². The molecule has 19 heavy (non-hydrogen) atoms. The van der Waals surface area contributed by atoms with Gasteiger partial charge in [0.15, 0.2) is 5.15 Å². The molecule has 0 N–H and O–H groups in total. The number of ether oxygens (including phenoxy) is 1. The molecular formula is C10H4ClF3N2O2S.